The second kappa shape index (κ2) is 4.20. The number of benzene rings is 1. The van der Waals surface area contributed by atoms with Crippen LogP contribution in [0.5, 0.6) is 0 Å². The number of aromatic nitrogens is 2. The lowest BCUT2D eigenvalue weighted by Crippen LogP contribution is -2.13. The molecule has 0 radical (unpaired) electrons. The average Bonchev–Trinajstić information content (AvgIpc) is 3.07. The number of aromatic carboxylic acids is 1. The molecule has 0 unspecified atom stereocenters. The summed E-state index contributed by atoms with van der Waals surface area (Å²) in [5, 5.41) is 25.0. The van der Waals surface area contributed by atoms with Crippen molar-refractivity contribution < 1.29 is 15.0 Å². The van der Waals surface area contributed by atoms with Gasteiger partial charge in [-0.05, 0) is 24.5 Å². The van der Waals surface area contributed by atoms with E-state index in [0.717, 1.165) is 24.0 Å². The number of H-pyrrole nitrogens is 1. The number of hydrogen-bond donors (Lipinski definition) is 3. The molecule has 19 heavy (non-hydrogen) atoms. The molecule has 3 rings (SSSR count). The highest BCUT2D eigenvalue weighted by Gasteiger charge is 2.45. The Morgan fingerprint density at radius 2 is 2.11 bits per heavy atom. The van der Waals surface area contributed by atoms with Gasteiger partial charge in [-0.25, -0.2) is 4.79 Å². The lowest BCUT2D eigenvalue weighted by atomic mass is 9.90. The van der Waals surface area contributed by atoms with Gasteiger partial charge >= 0.3 is 5.97 Å². The molecule has 2 aromatic rings. The summed E-state index contributed by atoms with van der Waals surface area (Å²) in [7, 11) is 0. The molecule has 1 aliphatic rings. The Labute approximate surface area is 109 Å². The SMILES string of the molecule is O=C(O)c1cc(-c2ccccc2C2(CO)CC2)n[nH]1. The Kier molecular flexibility index (Phi) is 2.64. The van der Waals surface area contributed by atoms with Gasteiger partial charge in [0.1, 0.15) is 5.69 Å². The fourth-order valence-electron chi connectivity index (χ4n) is 2.40. The number of aliphatic hydroxyl groups excluding tert-OH is 1. The minimum absolute atomic E-state index is 0.0682. The van der Waals surface area contributed by atoms with E-state index in [1.807, 2.05) is 24.3 Å². The molecule has 0 spiro atoms. The van der Waals surface area contributed by atoms with E-state index in [-0.39, 0.29) is 17.7 Å². The van der Waals surface area contributed by atoms with E-state index in [2.05, 4.69) is 10.2 Å². The predicted octanol–water partition coefficient (Wildman–Crippen LogP) is 1.80. The summed E-state index contributed by atoms with van der Waals surface area (Å²) in [5.74, 6) is -1.03. The maximum Gasteiger partial charge on any atom is 0.353 e. The van der Waals surface area contributed by atoms with Crippen molar-refractivity contribution in [1.82, 2.24) is 10.2 Å². The first-order valence-corrected chi connectivity index (χ1v) is 6.16. The third-order valence-electron chi connectivity index (χ3n) is 3.74. The van der Waals surface area contributed by atoms with E-state index in [9.17, 15) is 9.90 Å². The van der Waals surface area contributed by atoms with Crippen LogP contribution in [0.15, 0.2) is 30.3 Å². The molecular formula is C14H14N2O3. The minimum Gasteiger partial charge on any atom is -0.477 e. The second-order valence-electron chi connectivity index (χ2n) is 4.96. The molecular weight excluding hydrogens is 244 g/mol. The highest BCUT2D eigenvalue weighted by Crippen LogP contribution is 2.50. The van der Waals surface area contributed by atoms with Gasteiger partial charge < -0.3 is 10.2 Å². The molecule has 1 aromatic heterocycles. The van der Waals surface area contributed by atoms with Gasteiger partial charge in [0.2, 0.25) is 0 Å². The van der Waals surface area contributed by atoms with Crippen molar-refractivity contribution in [3.05, 3.63) is 41.6 Å². The fraction of sp³-hybridized carbons (Fsp3) is 0.286. The highest BCUT2D eigenvalue weighted by atomic mass is 16.4. The zero-order valence-corrected chi connectivity index (χ0v) is 10.3. The molecule has 0 atom stereocenters. The summed E-state index contributed by atoms with van der Waals surface area (Å²) < 4.78 is 0. The number of carboxylic acids is 1. The van der Waals surface area contributed by atoms with Crippen molar-refractivity contribution in [1.29, 1.82) is 0 Å². The number of rotatable bonds is 4. The van der Waals surface area contributed by atoms with Gasteiger partial charge in [-0.15, -0.1) is 0 Å². The van der Waals surface area contributed by atoms with E-state index in [1.54, 1.807) is 0 Å². The maximum absolute atomic E-state index is 10.9. The average molecular weight is 258 g/mol. The van der Waals surface area contributed by atoms with Crippen molar-refractivity contribution in [2.75, 3.05) is 6.61 Å². The first-order valence-electron chi connectivity index (χ1n) is 6.16. The lowest BCUT2D eigenvalue weighted by molar-refractivity contribution is 0.0690. The van der Waals surface area contributed by atoms with Gasteiger partial charge in [-0.3, -0.25) is 5.10 Å². The van der Waals surface area contributed by atoms with Crippen LogP contribution in [-0.4, -0.2) is 33.0 Å². The minimum atomic E-state index is -1.03. The third-order valence-corrected chi connectivity index (χ3v) is 3.74. The molecule has 5 heteroatoms. The van der Waals surface area contributed by atoms with Crippen LogP contribution in [0.25, 0.3) is 11.3 Å². The first-order chi connectivity index (χ1) is 9.16. The summed E-state index contributed by atoms with van der Waals surface area (Å²) in [5.41, 5.74) is 2.43. The summed E-state index contributed by atoms with van der Waals surface area (Å²) in [6.07, 6.45) is 1.91. The Morgan fingerprint density at radius 1 is 1.37 bits per heavy atom. The molecule has 1 fully saturated rings. The predicted molar refractivity (Wildman–Crippen MR) is 69.0 cm³/mol. The van der Waals surface area contributed by atoms with Crippen LogP contribution in [0.2, 0.25) is 0 Å². The first kappa shape index (κ1) is 11.9. The smallest absolute Gasteiger partial charge is 0.353 e. The third kappa shape index (κ3) is 1.92. The van der Waals surface area contributed by atoms with Gasteiger partial charge in [0, 0.05) is 11.0 Å². The second-order valence-corrected chi connectivity index (χ2v) is 4.96. The zero-order valence-electron chi connectivity index (χ0n) is 10.3. The fourth-order valence-corrected chi connectivity index (χ4v) is 2.40. The van der Waals surface area contributed by atoms with E-state index in [4.69, 9.17) is 5.11 Å². The molecule has 0 amide bonds. The Bertz CT molecular complexity index is 629. The molecule has 0 saturated heterocycles. The van der Waals surface area contributed by atoms with Crippen LogP contribution in [0.4, 0.5) is 0 Å². The molecule has 1 saturated carbocycles. The van der Waals surface area contributed by atoms with E-state index in [0.29, 0.717) is 5.69 Å². The zero-order chi connectivity index (χ0) is 13.5. The largest absolute Gasteiger partial charge is 0.477 e. The molecule has 5 nitrogen and oxygen atoms in total. The van der Waals surface area contributed by atoms with Crippen molar-refractivity contribution in [2.24, 2.45) is 0 Å². The number of carboxylic acid groups (broad SMARTS) is 1. The normalized spacial score (nSPS) is 16.3. The summed E-state index contributed by atoms with van der Waals surface area (Å²) >= 11 is 0. The van der Waals surface area contributed by atoms with Gasteiger partial charge in [-0.2, -0.15) is 5.10 Å². The van der Waals surface area contributed by atoms with Gasteiger partial charge in [-0.1, -0.05) is 24.3 Å². The number of hydrogen-bond acceptors (Lipinski definition) is 3. The van der Waals surface area contributed by atoms with Crippen LogP contribution in [-0.2, 0) is 5.41 Å². The van der Waals surface area contributed by atoms with Crippen LogP contribution < -0.4 is 0 Å². The number of nitrogens with zero attached hydrogens (tertiary/aromatic N) is 1. The Balaban J connectivity index is 2.07. The Morgan fingerprint density at radius 3 is 2.68 bits per heavy atom. The Hall–Kier alpha value is -2.14. The quantitative estimate of drug-likeness (QED) is 0.780. The molecule has 1 aromatic carbocycles. The summed E-state index contributed by atoms with van der Waals surface area (Å²) in [6.45, 7) is 0.111. The molecule has 1 aliphatic carbocycles. The number of carbonyl (C=O) groups is 1. The van der Waals surface area contributed by atoms with Gasteiger partial charge in [0.05, 0.1) is 12.3 Å². The topological polar surface area (TPSA) is 86.2 Å². The summed E-state index contributed by atoms with van der Waals surface area (Å²) in [4.78, 5) is 10.9. The molecule has 98 valence electrons. The van der Waals surface area contributed by atoms with E-state index < -0.39 is 5.97 Å². The number of nitrogens with one attached hydrogen (secondary N) is 1. The van der Waals surface area contributed by atoms with Crippen molar-refractivity contribution in [2.45, 2.75) is 18.3 Å². The van der Waals surface area contributed by atoms with Gasteiger partial charge in [0.25, 0.3) is 0 Å². The van der Waals surface area contributed by atoms with Crippen molar-refractivity contribution in [3.63, 3.8) is 0 Å². The summed E-state index contributed by atoms with van der Waals surface area (Å²) in [6, 6.07) is 9.23. The number of aromatic amines is 1. The standard InChI is InChI=1S/C14H14N2O3/c17-8-14(5-6-14)10-4-2-1-3-9(10)11-7-12(13(18)19)16-15-11/h1-4,7,17H,5-6,8H2,(H,15,16)(H,18,19). The molecule has 3 N–H and O–H groups in total. The van der Waals surface area contributed by atoms with Crippen molar-refractivity contribution in [3.8, 4) is 11.3 Å². The highest BCUT2D eigenvalue weighted by molar-refractivity contribution is 5.87. The van der Waals surface area contributed by atoms with Crippen LogP contribution >= 0.6 is 0 Å². The maximum atomic E-state index is 10.9. The van der Waals surface area contributed by atoms with Crippen LogP contribution in [0, 0.1) is 0 Å². The van der Waals surface area contributed by atoms with Crippen LogP contribution in [0.1, 0.15) is 28.9 Å². The van der Waals surface area contributed by atoms with Gasteiger partial charge in [0.15, 0.2) is 0 Å². The molecule has 1 heterocycles. The van der Waals surface area contributed by atoms with E-state index in [1.165, 1.54) is 6.07 Å². The lowest BCUT2D eigenvalue weighted by Gasteiger charge is -2.15. The van der Waals surface area contributed by atoms with Crippen LogP contribution in [0.3, 0.4) is 0 Å². The monoisotopic (exact) mass is 258 g/mol. The van der Waals surface area contributed by atoms with E-state index >= 15 is 0 Å². The number of aliphatic hydroxyl groups is 1. The van der Waals surface area contributed by atoms with Crippen molar-refractivity contribution >= 4 is 5.97 Å². The molecule has 0 aliphatic heterocycles. The molecule has 0 bridgehead atoms.